The van der Waals surface area contributed by atoms with Crippen LogP contribution in [0.2, 0.25) is 0 Å². The van der Waals surface area contributed by atoms with Crippen molar-refractivity contribution < 1.29 is 8.76 Å². The van der Waals surface area contributed by atoms with E-state index < -0.39 is 11.1 Å². The summed E-state index contributed by atoms with van der Waals surface area (Å²) in [6, 6.07) is 0. The Balaban J connectivity index is 3.08. The lowest BCUT2D eigenvalue weighted by Gasteiger charge is -1.86. The van der Waals surface area contributed by atoms with Gasteiger partial charge in [0.1, 0.15) is 0 Å². The molecule has 0 aliphatic heterocycles. The molecule has 1 heterocycles. The summed E-state index contributed by atoms with van der Waals surface area (Å²) in [7, 11) is 0. The van der Waals surface area contributed by atoms with Gasteiger partial charge in [-0.1, -0.05) is 0 Å². The summed E-state index contributed by atoms with van der Waals surface area (Å²) in [6.07, 6.45) is 1.26. The largest absolute Gasteiger partial charge is 0.381 e. The molecule has 0 spiro atoms. The Morgan fingerprint density at radius 1 is 1.89 bits per heavy atom. The third-order valence-electron chi connectivity index (χ3n) is 0.807. The minimum absolute atomic E-state index is 0.0509. The molecule has 1 atom stereocenters. The number of nitrogen functional groups attached to an aromatic ring is 1. The third kappa shape index (κ3) is 1.08. The van der Waals surface area contributed by atoms with Crippen molar-refractivity contribution in [2.24, 2.45) is 0 Å². The number of hydrogen-bond donors (Lipinski definition) is 3. The van der Waals surface area contributed by atoms with E-state index in [4.69, 9.17) is 10.3 Å². The molecule has 0 radical (unpaired) electrons. The number of anilines is 1. The minimum atomic E-state index is -2.05. The second-order valence-corrected chi connectivity index (χ2v) is 2.27. The number of nitrogens with two attached hydrogens (primary N) is 1. The lowest BCUT2D eigenvalue weighted by molar-refractivity contribution is 0.561. The van der Waals surface area contributed by atoms with Gasteiger partial charge < -0.3 is 15.3 Å². The summed E-state index contributed by atoms with van der Waals surface area (Å²) in [5, 5.41) is 0.0509. The van der Waals surface area contributed by atoms with E-state index in [1.54, 1.807) is 0 Å². The molecule has 0 aliphatic carbocycles. The van der Waals surface area contributed by atoms with Gasteiger partial charge in [0.05, 0.1) is 6.33 Å². The van der Waals surface area contributed by atoms with Crippen LogP contribution in [-0.2, 0) is 11.1 Å². The van der Waals surface area contributed by atoms with Crippen LogP contribution in [0.25, 0.3) is 0 Å². The van der Waals surface area contributed by atoms with E-state index in [0.717, 1.165) is 0 Å². The highest BCUT2D eigenvalue weighted by molar-refractivity contribution is 7.79. The second kappa shape index (κ2) is 2.16. The molecule has 5 nitrogen and oxygen atoms in total. The van der Waals surface area contributed by atoms with Gasteiger partial charge in [-0.15, -0.1) is 0 Å². The molecule has 1 unspecified atom stereocenters. The first-order valence-electron chi connectivity index (χ1n) is 2.11. The predicted molar refractivity (Wildman–Crippen MR) is 32.0 cm³/mol. The summed E-state index contributed by atoms with van der Waals surface area (Å²) in [6.45, 7) is 0. The average Bonchev–Trinajstić information content (AvgIpc) is 2.13. The molecule has 50 valence electrons. The molecule has 0 aliphatic rings. The Bertz CT molecular complexity index is 233. The molecule has 4 N–H and O–H groups in total. The van der Waals surface area contributed by atoms with Gasteiger partial charge in [0.15, 0.2) is 10.8 Å². The maximum atomic E-state index is 10.2. The summed E-state index contributed by atoms with van der Waals surface area (Å²) in [5.74, 6) is 0.0656. The van der Waals surface area contributed by atoms with Crippen LogP contribution in [0.5, 0.6) is 0 Å². The first kappa shape index (κ1) is 6.24. The van der Waals surface area contributed by atoms with E-state index in [1.807, 2.05) is 0 Å². The van der Waals surface area contributed by atoms with Crippen LogP contribution in [0.15, 0.2) is 11.4 Å². The lowest BCUT2D eigenvalue weighted by atomic mass is 10.8. The quantitative estimate of drug-likeness (QED) is 0.470. The number of rotatable bonds is 1. The van der Waals surface area contributed by atoms with Gasteiger partial charge in [-0.05, 0) is 0 Å². The number of H-pyrrole nitrogens is 1. The molecule has 0 saturated carbocycles. The Hall–Kier alpha value is -0.880. The molecule has 6 heteroatoms. The highest BCUT2D eigenvalue weighted by atomic mass is 32.2. The SMILES string of the molecule is Nc1nc[nH]c1S(=O)O. The Morgan fingerprint density at radius 2 is 2.56 bits per heavy atom. The summed E-state index contributed by atoms with van der Waals surface area (Å²) >= 11 is -2.05. The zero-order valence-corrected chi connectivity index (χ0v) is 5.18. The molecule has 1 aromatic heterocycles. The van der Waals surface area contributed by atoms with E-state index >= 15 is 0 Å². The highest BCUT2D eigenvalue weighted by Gasteiger charge is 2.05. The van der Waals surface area contributed by atoms with Gasteiger partial charge in [0.2, 0.25) is 11.1 Å². The summed E-state index contributed by atoms with van der Waals surface area (Å²) < 4.78 is 18.7. The van der Waals surface area contributed by atoms with Crippen LogP contribution in [0.1, 0.15) is 0 Å². The van der Waals surface area contributed by atoms with Gasteiger partial charge in [-0.3, -0.25) is 0 Å². The zero-order chi connectivity index (χ0) is 6.85. The van der Waals surface area contributed by atoms with Crippen LogP contribution < -0.4 is 5.73 Å². The highest BCUT2D eigenvalue weighted by Crippen LogP contribution is 2.06. The molecule has 0 bridgehead atoms. The number of hydrogen-bond acceptors (Lipinski definition) is 3. The molecule has 0 saturated heterocycles. The maximum Gasteiger partial charge on any atom is 0.207 e. The van der Waals surface area contributed by atoms with Gasteiger partial charge in [0, 0.05) is 0 Å². The van der Waals surface area contributed by atoms with Crippen molar-refractivity contribution in [1.82, 2.24) is 9.97 Å². The summed E-state index contributed by atoms with van der Waals surface area (Å²) in [5.41, 5.74) is 5.15. The zero-order valence-electron chi connectivity index (χ0n) is 4.37. The maximum absolute atomic E-state index is 10.2. The van der Waals surface area contributed by atoms with Crippen molar-refractivity contribution >= 4 is 16.9 Å². The first-order valence-corrected chi connectivity index (χ1v) is 3.22. The van der Waals surface area contributed by atoms with Gasteiger partial charge in [-0.2, -0.15) is 0 Å². The average molecular weight is 147 g/mol. The third-order valence-corrected chi connectivity index (χ3v) is 1.48. The van der Waals surface area contributed by atoms with Crippen molar-refractivity contribution in [2.75, 3.05) is 5.73 Å². The Kier molecular flexibility index (Phi) is 1.50. The molecular weight excluding hydrogens is 142 g/mol. The van der Waals surface area contributed by atoms with Crippen LogP contribution in [-0.4, -0.2) is 18.7 Å². The normalized spacial score (nSPS) is 13.4. The number of nitrogens with zero attached hydrogens (tertiary/aromatic N) is 1. The predicted octanol–water partition coefficient (Wildman–Crippen LogP) is -0.428. The van der Waals surface area contributed by atoms with E-state index in [9.17, 15) is 4.21 Å². The smallest absolute Gasteiger partial charge is 0.207 e. The van der Waals surface area contributed by atoms with Gasteiger partial charge >= 0.3 is 0 Å². The molecule has 9 heavy (non-hydrogen) atoms. The van der Waals surface area contributed by atoms with Crippen LogP contribution in [0.3, 0.4) is 0 Å². The van der Waals surface area contributed by atoms with Gasteiger partial charge in [0.25, 0.3) is 0 Å². The van der Waals surface area contributed by atoms with Crippen molar-refractivity contribution in [3.05, 3.63) is 6.33 Å². The molecule has 0 amide bonds. The number of imidazole rings is 1. The van der Waals surface area contributed by atoms with Gasteiger partial charge in [-0.25, -0.2) is 9.19 Å². The molecule has 0 aromatic carbocycles. The number of aromatic nitrogens is 2. The van der Waals surface area contributed by atoms with Crippen LogP contribution in [0, 0.1) is 0 Å². The molecule has 1 aromatic rings. The Labute approximate surface area is 53.6 Å². The summed E-state index contributed by atoms with van der Waals surface area (Å²) in [4.78, 5) is 5.93. The molecule has 1 rings (SSSR count). The van der Waals surface area contributed by atoms with E-state index in [0.29, 0.717) is 0 Å². The van der Waals surface area contributed by atoms with E-state index in [1.165, 1.54) is 6.33 Å². The lowest BCUT2D eigenvalue weighted by Crippen LogP contribution is -1.94. The Morgan fingerprint density at radius 3 is 2.78 bits per heavy atom. The fraction of sp³-hybridized carbons (Fsp3) is 0. The minimum Gasteiger partial charge on any atom is -0.381 e. The molecule has 0 fully saturated rings. The second-order valence-electron chi connectivity index (χ2n) is 1.37. The van der Waals surface area contributed by atoms with Crippen LogP contribution >= 0.6 is 0 Å². The van der Waals surface area contributed by atoms with Crippen molar-refractivity contribution in [1.29, 1.82) is 0 Å². The number of aromatic amines is 1. The van der Waals surface area contributed by atoms with Crippen molar-refractivity contribution in [3.8, 4) is 0 Å². The first-order chi connectivity index (χ1) is 4.22. The monoisotopic (exact) mass is 147 g/mol. The van der Waals surface area contributed by atoms with E-state index in [-0.39, 0.29) is 10.8 Å². The number of nitrogens with one attached hydrogen (secondary N) is 1. The fourth-order valence-corrected chi connectivity index (χ4v) is 0.818. The van der Waals surface area contributed by atoms with Crippen molar-refractivity contribution in [3.63, 3.8) is 0 Å². The fourth-order valence-electron chi connectivity index (χ4n) is 0.433. The standard InChI is InChI=1S/C3H5N3O2S/c4-2-3(9(7)8)6-1-5-2/h1H,4H2,(H,5,6)(H,7,8). The van der Waals surface area contributed by atoms with Crippen molar-refractivity contribution in [2.45, 2.75) is 5.03 Å². The van der Waals surface area contributed by atoms with E-state index in [2.05, 4.69) is 9.97 Å². The molecular formula is C3H5N3O2S. The topological polar surface area (TPSA) is 92.0 Å². The van der Waals surface area contributed by atoms with Crippen LogP contribution in [0.4, 0.5) is 5.82 Å².